The Hall–Kier alpha value is -2.09. The van der Waals surface area contributed by atoms with Crippen LogP contribution in [0.25, 0.3) is 0 Å². The second-order valence-electron chi connectivity index (χ2n) is 7.81. The van der Waals surface area contributed by atoms with Crippen molar-refractivity contribution in [1.82, 2.24) is 4.98 Å². The van der Waals surface area contributed by atoms with Crippen LogP contribution in [0.1, 0.15) is 27.4 Å². The molecule has 2 aromatic carbocycles. The summed E-state index contributed by atoms with van der Waals surface area (Å²) in [6, 6.07) is 10.4. The molecule has 176 valence electrons. The molecule has 34 heavy (non-hydrogen) atoms. The summed E-state index contributed by atoms with van der Waals surface area (Å²) in [6.07, 6.45) is 1.42. The van der Waals surface area contributed by atoms with Crippen LogP contribution in [0.3, 0.4) is 0 Å². The van der Waals surface area contributed by atoms with Crippen molar-refractivity contribution in [2.45, 2.75) is 17.2 Å². The molecule has 1 aliphatic carbocycles. The lowest BCUT2D eigenvalue weighted by atomic mass is 10.1. The molecule has 4 rings (SSSR count). The summed E-state index contributed by atoms with van der Waals surface area (Å²) < 4.78 is 12.7. The first kappa shape index (κ1) is 25.0. The topological polar surface area (TPSA) is 71.1 Å². The second-order valence-corrected chi connectivity index (χ2v) is 10.5. The number of rotatable bonds is 5. The largest absolute Gasteiger partial charge is 0.326 e. The van der Waals surface area contributed by atoms with E-state index >= 15 is 0 Å². The maximum atomic E-state index is 14.1. The third-order valence-electron chi connectivity index (χ3n) is 5.27. The summed E-state index contributed by atoms with van der Waals surface area (Å²) in [5, 5.41) is 5.95. The SMILES string of the molecule is Cc1cnc(NC(=O)c2cc(NC(=O)C3C(c4cc(Cl)cc(Cl)c4)C3(Cl)Cl)ccc2Cl)c(F)c1. The first-order valence-electron chi connectivity index (χ1n) is 9.85. The van der Waals surface area contributed by atoms with E-state index < -0.39 is 33.8 Å². The van der Waals surface area contributed by atoms with Gasteiger partial charge in [0.05, 0.1) is 16.5 Å². The summed E-state index contributed by atoms with van der Waals surface area (Å²) in [5.74, 6) is -3.40. The Balaban J connectivity index is 1.52. The minimum absolute atomic E-state index is 0.0122. The van der Waals surface area contributed by atoms with E-state index in [9.17, 15) is 14.0 Å². The molecule has 1 heterocycles. The summed E-state index contributed by atoms with van der Waals surface area (Å²) in [6.45, 7) is 1.67. The predicted octanol–water partition coefficient (Wildman–Crippen LogP) is 7.27. The van der Waals surface area contributed by atoms with Crippen LogP contribution < -0.4 is 10.6 Å². The van der Waals surface area contributed by atoms with Gasteiger partial charge in [0.2, 0.25) is 5.91 Å². The number of hydrogen-bond donors (Lipinski definition) is 2. The van der Waals surface area contributed by atoms with Crippen molar-refractivity contribution >= 4 is 81.3 Å². The highest BCUT2D eigenvalue weighted by Gasteiger charge is 2.67. The number of aromatic nitrogens is 1. The van der Waals surface area contributed by atoms with Gasteiger partial charge in [0.25, 0.3) is 5.91 Å². The van der Waals surface area contributed by atoms with Gasteiger partial charge in [0, 0.05) is 27.8 Å². The first-order valence-corrected chi connectivity index (χ1v) is 11.7. The van der Waals surface area contributed by atoms with Crippen molar-refractivity contribution < 1.29 is 14.0 Å². The highest BCUT2D eigenvalue weighted by molar-refractivity contribution is 6.53. The van der Waals surface area contributed by atoms with E-state index in [0.29, 0.717) is 21.2 Å². The van der Waals surface area contributed by atoms with Crippen LogP contribution in [0.5, 0.6) is 0 Å². The summed E-state index contributed by atoms with van der Waals surface area (Å²) >= 11 is 31.1. The zero-order chi connectivity index (χ0) is 24.8. The fourth-order valence-electron chi connectivity index (χ4n) is 3.62. The van der Waals surface area contributed by atoms with Crippen molar-refractivity contribution in [1.29, 1.82) is 0 Å². The quantitative estimate of drug-likeness (QED) is 0.322. The molecule has 2 N–H and O–H groups in total. The van der Waals surface area contributed by atoms with Crippen LogP contribution >= 0.6 is 58.0 Å². The van der Waals surface area contributed by atoms with Crippen molar-refractivity contribution in [2.75, 3.05) is 10.6 Å². The van der Waals surface area contributed by atoms with E-state index in [-0.39, 0.29) is 22.1 Å². The van der Waals surface area contributed by atoms with E-state index in [4.69, 9.17) is 58.0 Å². The molecule has 0 saturated heterocycles. The molecule has 1 saturated carbocycles. The van der Waals surface area contributed by atoms with Crippen molar-refractivity contribution in [2.24, 2.45) is 5.92 Å². The number of alkyl halides is 2. The Labute approximate surface area is 219 Å². The molecule has 5 nitrogen and oxygen atoms in total. The zero-order valence-corrected chi connectivity index (χ0v) is 21.1. The second kappa shape index (κ2) is 9.51. The summed E-state index contributed by atoms with van der Waals surface area (Å²) in [7, 11) is 0. The van der Waals surface area contributed by atoms with Gasteiger partial charge >= 0.3 is 0 Å². The Morgan fingerprint density at radius 2 is 1.68 bits per heavy atom. The van der Waals surface area contributed by atoms with E-state index in [1.807, 2.05) is 0 Å². The molecule has 0 spiro atoms. The van der Waals surface area contributed by atoms with Crippen LogP contribution in [0, 0.1) is 18.7 Å². The fourth-order valence-corrected chi connectivity index (χ4v) is 5.19. The van der Waals surface area contributed by atoms with Gasteiger partial charge in [-0.2, -0.15) is 0 Å². The van der Waals surface area contributed by atoms with Gasteiger partial charge in [-0.25, -0.2) is 9.37 Å². The van der Waals surface area contributed by atoms with Gasteiger partial charge in [-0.15, -0.1) is 23.2 Å². The van der Waals surface area contributed by atoms with Gasteiger partial charge in [0.1, 0.15) is 4.33 Å². The molecular formula is C23H15Cl5FN3O2. The van der Waals surface area contributed by atoms with E-state index in [1.54, 1.807) is 25.1 Å². The molecule has 1 fully saturated rings. The Morgan fingerprint density at radius 1 is 1.00 bits per heavy atom. The van der Waals surface area contributed by atoms with E-state index in [1.165, 1.54) is 30.5 Å². The number of carbonyl (C=O) groups excluding carboxylic acids is 2. The molecule has 2 atom stereocenters. The number of aryl methyl sites for hydroxylation is 1. The van der Waals surface area contributed by atoms with Crippen molar-refractivity contribution in [3.63, 3.8) is 0 Å². The van der Waals surface area contributed by atoms with E-state index in [2.05, 4.69) is 15.6 Å². The minimum Gasteiger partial charge on any atom is -0.326 e. The van der Waals surface area contributed by atoms with Crippen LogP contribution in [0.2, 0.25) is 15.1 Å². The molecule has 11 heteroatoms. The van der Waals surface area contributed by atoms with Gasteiger partial charge in [-0.3, -0.25) is 9.59 Å². The molecule has 2 amide bonds. The number of anilines is 2. The Morgan fingerprint density at radius 3 is 2.32 bits per heavy atom. The highest BCUT2D eigenvalue weighted by atomic mass is 35.5. The molecule has 0 aliphatic heterocycles. The highest BCUT2D eigenvalue weighted by Crippen LogP contribution is 2.65. The molecule has 0 bridgehead atoms. The average molecular weight is 562 g/mol. The molecule has 3 aromatic rings. The zero-order valence-electron chi connectivity index (χ0n) is 17.3. The lowest BCUT2D eigenvalue weighted by Crippen LogP contribution is -2.18. The standard InChI is InChI=1S/C23H15Cl5FN3O2/c1-10-4-17(29)20(30-9-10)32-21(33)15-8-14(2-3-16(15)26)31-22(34)19-18(23(19,27)28)11-5-12(24)7-13(25)6-11/h2-9,18-19H,1H3,(H,31,34)(H,30,32,33). The number of carbonyl (C=O) groups is 2. The van der Waals surface area contributed by atoms with Crippen LogP contribution in [-0.4, -0.2) is 21.1 Å². The van der Waals surface area contributed by atoms with Gasteiger partial charge in [-0.1, -0.05) is 34.8 Å². The third-order valence-corrected chi connectivity index (χ3v) is 6.97. The molecule has 2 unspecified atom stereocenters. The number of amides is 2. The van der Waals surface area contributed by atoms with Crippen LogP contribution in [0.15, 0.2) is 48.7 Å². The third kappa shape index (κ3) is 5.11. The number of nitrogens with zero attached hydrogens (tertiary/aromatic N) is 1. The number of halogens is 6. The van der Waals surface area contributed by atoms with Gasteiger partial charge < -0.3 is 10.6 Å². The van der Waals surface area contributed by atoms with Crippen molar-refractivity contribution in [3.8, 4) is 0 Å². The minimum atomic E-state index is -1.36. The van der Waals surface area contributed by atoms with Crippen molar-refractivity contribution in [3.05, 3.63) is 86.2 Å². The van der Waals surface area contributed by atoms with Crippen LogP contribution in [-0.2, 0) is 4.79 Å². The fraction of sp³-hybridized carbons (Fsp3) is 0.174. The summed E-state index contributed by atoms with van der Waals surface area (Å²) in [5.41, 5.74) is 1.52. The van der Waals surface area contributed by atoms with Crippen LogP contribution in [0.4, 0.5) is 15.9 Å². The lowest BCUT2D eigenvalue weighted by Gasteiger charge is -2.10. The Kier molecular flexibility index (Phi) is 7.00. The van der Waals surface area contributed by atoms with Gasteiger partial charge in [-0.05, 0) is 60.5 Å². The molecule has 1 aliphatic rings. The molecule has 1 aromatic heterocycles. The number of nitrogens with one attached hydrogen (secondary N) is 2. The number of benzene rings is 2. The predicted molar refractivity (Wildman–Crippen MR) is 134 cm³/mol. The van der Waals surface area contributed by atoms with Gasteiger partial charge in [0.15, 0.2) is 11.6 Å². The first-order chi connectivity index (χ1) is 16.0. The molecular weight excluding hydrogens is 547 g/mol. The smallest absolute Gasteiger partial charge is 0.258 e. The lowest BCUT2D eigenvalue weighted by molar-refractivity contribution is -0.117. The maximum absolute atomic E-state index is 14.1. The Bertz CT molecular complexity index is 1300. The average Bonchev–Trinajstić information content (AvgIpc) is 3.33. The van der Waals surface area contributed by atoms with E-state index in [0.717, 1.165) is 0 Å². The number of hydrogen-bond acceptors (Lipinski definition) is 3. The monoisotopic (exact) mass is 559 g/mol. The molecule has 0 radical (unpaired) electrons. The number of pyridine rings is 1. The normalized spacial score (nSPS) is 18.3. The maximum Gasteiger partial charge on any atom is 0.258 e. The summed E-state index contributed by atoms with van der Waals surface area (Å²) in [4.78, 5) is 29.5.